The van der Waals surface area contributed by atoms with Gasteiger partial charge in [0.15, 0.2) is 0 Å². The molecule has 2 rings (SSSR count). The topological polar surface area (TPSA) is 53.4 Å². The Morgan fingerprint density at radius 2 is 2.50 bits per heavy atom. The van der Waals surface area contributed by atoms with Gasteiger partial charge in [-0.2, -0.15) is 5.10 Å². The standard InChI is InChI=1S/C12H17ClN2O3/c1-17-7-5-15-11(9(13)8-14-15)12(16)10-4-2-3-6-18-10/h8,10H,2-7H2,1H3. The fourth-order valence-electron chi connectivity index (χ4n) is 2.05. The SMILES string of the molecule is COCCn1ncc(Cl)c1C(=O)C1CCCCO1. The van der Waals surface area contributed by atoms with Crippen LogP contribution in [0.2, 0.25) is 5.02 Å². The van der Waals surface area contributed by atoms with E-state index in [1.165, 1.54) is 6.20 Å². The third kappa shape index (κ3) is 2.91. The first-order valence-electron chi connectivity index (χ1n) is 6.10. The van der Waals surface area contributed by atoms with E-state index in [0.29, 0.717) is 30.5 Å². The molecule has 0 aliphatic carbocycles. The highest BCUT2D eigenvalue weighted by atomic mass is 35.5. The zero-order valence-electron chi connectivity index (χ0n) is 10.4. The third-order valence-corrected chi connectivity index (χ3v) is 3.28. The van der Waals surface area contributed by atoms with Gasteiger partial charge in [0, 0.05) is 13.7 Å². The lowest BCUT2D eigenvalue weighted by molar-refractivity contribution is 0.0178. The van der Waals surface area contributed by atoms with Crippen molar-refractivity contribution >= 4 is 17.4 Å². The fourth-order valence-corrected chi connectivity index (χ4v) is 2.29. The smallest absolute Gasteiger partial charge is 0.211 e. The third-order valence-electron chi connectivity index (χ3n) is 3.01. The van der Waals surface area contributed by atoms with Gasteiger partial charge < -0.3 is 9.47 Å². The maximum absolute atomic E-state index is 12.4. The molecule has 1 aromatic heterocycles. The number of carbonyl (C=O) groups excluding carboxylic acids is 1. The molecule has 0 radical (unpaired) electrons. The van der Waals surface area contributed by atoms with E-state index in [0.717, 1.165) is 19.3 Å². The second-order valence-electron chi connectivity index (χ2n) is 4.28. The van der Waals surface area contributed by atoms with Crippen molar-refractivity contribution < 1.29 is 14.3 Å². The van der Waals surface area contributed by atoms with Crippen LogP contribution in [0.1, 0.15) is 29.8 Å². The highest BCUT2D eigenvalue weighted by molar-refractivity contribution is 6.33. The minimum atomic E-state index is -0.380. The number of aromatic nitrogens is 2. The van der Waals surface area contributed by atoms with E-state index >= 15 is 0 Å². The maximum Gasteiger partial charge on any atom is 0.211 e. The number of nitrogens with zero attached hydrogens (tertiary/aromatic N) is 2. The first kappa shape index (κ1) is 13.5. The van der Waals surface area contributed by atoms with Crippen LogP contribution in [0.15, 0.2) is 6.20 Å². The van der Waals surface area contributed by atoms with E-state index in [9.17, 15) is 4.79 Å². The van der Waals surface area contributed by atoms with Crippen LogP contribution >= 0.6 is 11.6 Å². The van der Waals surface area contributed by atoms with Gasteiger partial charge in [-0.3, -0.25) is 9.48 Å². The van der Waals surface area contributed by atoms with Crippen molar-refractivity contribution in [1.29, 1.82) is 0 Å². The summed E-state index contributed by atoms with van der Waals surface area (Å²) in [5, 5.41) is 4.48. The Balaban J connectivity index is 2.14. The van der Waals surface area contributed by atoms with E-state index < -0.39 is 0 Å². The molecule has 1 aromatic rings. The molecule has 5 nitrogen and oxygen atoms in total. The molecule has 6 heteroatoms. The van der Waals surface area contributed by atoms with Crippen molar-refractivity contribution in [2.24, 2.45) is 0 Å². The molecule has 1 atom stereocenters. The number of hydrogen-bond acceptors (Lipinski definition) is 4. The Morgan fingerprint density at radius 3 is 3.17 bits per heavy atom. The number of ether oxygens (including phenoxy) is 2. The Labute approximate surface area is 111 Å². The Bertz CT molecular complexity index is 413. The lowest BCUT2D eigenvalue weighted by Crippen LogP contribution is -2.30. The van der Waals surface area contributed by atoms with E-state index in [1.807, 2.05) is 0 Å². The summed E-state index contributed by atoms with van der Waals surface area (Å²) in [7, 11) is 1.61. The molecule has 100 valence electrons. The largest absolute Gasteiger partial charge is 0.383 e. The van der Waals surface area contributed by atoms with Crippen molar-refractivity contribution in [1.82, 2.24) is 9.78 Å². The second kappa shape index (κ2) is 6.31. The van der Waals surface area contributed by atoms with E-state index in [4.69, 9.17) is 21.1 Å². The van der Waals surface area contributed by atoms with E-state index in [1.54, 1.807) is 11.8 Å². The number of rotatable bonds is 5. The molecule has 0 N–H and O–H groups in total. The molecule has 1 fully saturated rings. The molecule has 1 saturated heterocycles. The van der Waals surface area contributed by atoms with Crippen LogP contribution in [0, 0.1) is 0 Å². The molecule has 0 spiro atoms. The first-order valence-corrected chi connectivity index (χ1v) is 6.48. The van der Waals surface area contributed by atoms with Gasteiger partial charge in [-0.1, -0.05) is 11.6 Å². The van der Waals surface area contributed by atoms with Crippen molar-refractivity contribution in [2.75, 3.05) is 20.3 Å². The molecule has 1 aliphatic heterocycles. The summed E-state index contributed by atoms with van der Waals surface area (Å²) in [5.74, 6) is -0.0756. The van der Waals surface area contributed by atoms with Gasteiger partial charge in [0.1, 0.15) is 11.8 Å². The zero-order chi connectivity index (χ0) is 13.0. The van der Waals surface area contributed by atoms with Crippen molar-refractivity contribution in [3.05, 3.63) is 16.9 Å². The summed E-state index contributed by atoms with van der Waals surface area (Å²) in [6, 6.07) is 0. The van der Waals surface area contributed by atoms with Crippen LogP contribution in [-0.4, -0.2) is 42.0 Å². The number of Topliss-reactive ketones (excluding diaryl/α,β-unsaturated/α-hetero) is 1. The number of carbonyl (C=O) groups is 1. The van der Waals surface area contributed by atoms with Gasteiger partial charge >= 0.3 is 0 Å². The van der Waals surface area contributed by atoms with Gasteiger partial charge in [0.25, 0.3) is 0 Å². The van der Waals surface area contributed by atoms with Gasteiger partial charge in [-0.25, -0.2) is 0 Å². The molecule has 0 amide bonds. The normalized spacial score (nSPS) is 20.0. The van der Waals surface area contributed by atoms with Gasteiger partial charge in [-0.15, -0.1) is 0 Å². The van der Waals surface area contributed by atoms with Crippen LogP contribution < -0.4 is 0 Å². The first-order chi connectivity index (χ1) is 8.74. The van der Waals surface area contributed by atoms with E-state index in [2.05, 4.69) is 5.10 Å². The predicted octanol–water partition coefficient (Wildman–Crippen LogP) is 1.93. The lowest BCUT2D eigenvalue weighted by atomic mass is 10.0. The Hall–Kier alpha value is -0.910. The Morgan fingerprint density at radius 1 is 1.67 bits per heavy atom. The van der Waals surface area contributed by atoms with Gasteiger partial charge in [-0.05, 0) is 19.3 Å². The van der Waals surface area contributed by atoms with Crippen molar-refractivity contribution in [2.45, 2.75) is 31.9 Å². The number of ketones is 1. The molecule has 2 heterocycles. The number of halogens is 1. The fraction of sp³-hybridized carbons (Fsp3) is 0.667. The van der Waals surface area contributed by atoms with Crippen molar-refractivity contribution in [3.63, 3.8) is 0 Å². The van der Waals surface area contributed by atoms with E-state index in [-0.39, 0.29) is 11.9 Å². The summed E-state index contributed by atoms with van der Waals surface area (Å²) in [6.07, 6.45) is 3.90. The van der Waals surface area contributed by atoms with Crippen LogP contribution in [0.25, 0.3) is 0 Å². The van der Waals surface area contributed by atoms with Crippen LogP contribution in [0.3, 0.4) is 0 Å². The number of methoxy groups -OCH3 is 1. The maximum atomic E-state index is 12.4. The Kier molecular flexibility index (Phi) is 4.74. The molecule has 1 aliphatic rings. The van der Waals surface area contributed by atoms with Gasteiger partial charge in [0.2, 0.25) is 5.78 Å². The van der Waals surface area contributed by atoms with Crippen LogP contribution in [-0.2, 0) is 16.0 Å². The molecule has 0 bridgehead atoms. The molecule has 1 unspecified atom stereocenters. The summed E-state index contributed by atoms with van der Waals surface area (Å²) >= 11 is 6.04. The highest BCUT2D eigenvalue weighted by Gasteiger charge is 2.28. The van der Waals surface area contributed by atoms with Crippen LogP contribution in [0.5, 0.6) is 0 Å². The quantitative estimate of drug-likeness (QED) is 0.769. The van der Waals surface area contributed by atoms with Gasteiger partial charge in [0.05, 0.1) is 24.4 Å². The summed E-state index contributed by atoms with van der Waals surface area (Å²) < 4.78 is 12.1. The number of hydrogen-bond donors (Lipinski definition) is 0. The molecular formula is C12H17ClN2O3. The summed E-state index contributed by atoms with van der Waals surface area (Å²) in [5.41, 5.74) is 0.431. The summed E-state index contributed by atoms with van der Waals surface area (Å²) in [6.45, 7) is 1.64. The monoisotopic (exact) mass is 272 g/mol. The molecule has 0 aromatic carbocycles. The highest BCUT2D eigenvalue weighted by Crippen LogP contribution is 2.22. The average molecular weight is 273 g/mol. The second-order valence-corrected chi connectivity index (χ2v) is 4.68. The zero-order valence-corrected chi connectivity index (χ0v) is 11.2. The van der Waals surface area contributed by atoms with Crippen molar-refractivity contribution in [3.8, 4) is 0 Å². The lowest BCUT2D eigenvalue weighted by Gasteiger charge is -2.21. The predicted molar refractivity (Wildman–Crippen MR) is 67.0 cm³/mol. The minimum absolute atomic E-state index is 0.0756. The average Bonchev–Trinajstić information content (AvgIpc) is 2.77. The van der Waals surface area contributed by atoms with Crippen LogP contribution in [0.4, 0.5) is 0 Å². The molecule has 0 saturated carbocycles. The summed E-state index contributed by atoms with van der Waals surface area (Å²) in [4.78, 5) is 12.4. The minimum Gasteiger partial charge on any atom is -0.383 e. The molecular weight excluding hydrogens is 256 g/mol. The molecule has 18 heavy (non-hydrogen) atoms.